The number of carbonyl (C=O) groups is 1. The number of rotatable bonds is 4. The number of halogens is 1. The summed E-state index contributed by atoms with van der Waals surface area (Å²) in [7, 11) is 0. The van der Waals surface area contributed by atoms with Crippen LogP contribution in [-0.4, -0.2) is 21.2 Å². The van der Waals surface area contributed by atoms with Crippen LogP contribution >= 0.6 is 27.3 Å². The maximum atomic E-state index is 10.9. The van der Waals surface area contributed by atoms with Crippen LogP contribution in [0.4, 0.5) is 0 Å². The Morgan fingerprint density at radius 3 is 2.83 bits per heavy atom. The Balaban J connectivity index is 2.23. The van der Waals surface area contributed by atoms with Crippen molar-refractivity contribution in [3.05, 3.63) is 21.8 Å². The van der Waals surface area contributed by atoms with E-state index in [-0.39, 0.29) is 5.92 Å². The van der Waals surface area contributed by atoms with Crippen molar-refractivity contribution in [2.45, 2.75) is 19.8 Å². The van der Waals surface area contributed by atoms with Crippen LogP contribution in [0.3, 0.4) is 0 Å². The molecule has 2 heterocycles. The highest BCUT2D eigenvalue weighted by atomic mass is 79.9. The fourth-order valence-corrected chi connectivity index (χ4v) is 2.73. The molecule has 96 valence electrons. The average Bonchev–Trinajstić information content (AvgIpc) is 2.95. The maximum Gasteiger partial charge on any atom is 0.307 e. The minimum absolute atomic E-state index is 0.313. The minimum Gasteiger partial charge on any atom is -0.481 e. The van der Waals surface area contributed by atoms with Gasteiger partial charge in [-0.1, -0.05) is 19.0 Å². The van der Waals surface area contributed by atoms with E-state index in [1.807, 2.05) is 11.4 Å². The van der Waals surface area contributed by atoms with Crippen LogP contribution in [0.1, 0.15) is 25.7 Å². The zero-order valence-electron chi connectivity index (χ0n) is 9.75. The van der Waals surface area contributed by atoms with Crippen LogP contribution in [0.5, 0.6) is 0 Å². The summed E-state index contributed by atoms with van der Waals surface area (Å²) >= 11 is 4.85. The second-order valence-corrected chi connectivity index (χ2v) is 5.83. The predicted octanol–water partition coefficient (Wildman–Crippen LogP) is 3.38. The topological polar surface area (TPSA) is 76.2 Å². The van der Waals surface area contributed by atoms with Gasteiger partial charge in [0, 0.05) is 15.8 Å². The van der Waals surface area contributed by atoms with Gasteiger partial charge in [0.05, 0.1) is 10.8 Å². The van der Waals surface area contributed by atoms with Crippen molar-refractivity contribution >= 4 is 33.2 Å². The summed E-state index contributed by atoms with van der Waals surface area (Å²) in [5.41, 5.74) is 0. The molecule has 0 saturated heterocycles. The third-order valence-electron chi connectivity index (χ3n) is 2.76. The lowest BCUT2D eigenvalue weighted by Crippen LogP contribution is -2.16. The van der Waals surface area contributed by atoms with Crippen LogP contribution in [0.15, 0.2) is 20.4 Å². The minimum atomic E-state index is -0.874. The summed E-state index contributed by atoms with van der Waals surface area (Å²) < 4.78 is 6.09. The molecule has 2 atom stereocenters. The molecule has 0 aliphatic heterocycles. The summed E-state index contributed by atoms with van der Waals surface area (Å²) in [6.07, 6.45) is 0. The smallest absolute Gasteiger partial charge is 0.307 e. The Morgan fingerprint density at radius 1 is 1.56 bits per heavy atom. The van der Waals surface area contributed by atoms with E-state index >= 15 is 0 Å². The van der Waals surface area contributed by atoms with E-state index in [0.29, 0.717) is 11.7 Å². The van der Waals surface area contributed by atoms with Crippen LogP contribution in [-0.2, 0) is 4.79 Å². The van der Waals surface area contributed by atoms with Gasteiger partial charge in [-0.15, -0.1) is 11.3 Å². The predicted molar refractivity (Wildman–Crippen MR) is 70.5 cm³/mol. The van der Waals surface area contributed by atoms with Gasteiger partial charge >= 0.3 is 5.97 Å². The first kappa shape index (κ1) is 13.2. The molecule has 0 spiro atoms. The molecule has 0 aromatic carbocycles. The van der Waals surface area contributed by atoms with Crippen LogP contribution in [0.25, 0.3) is 10.7 Å². The van der Waals surface area contributed by atoms with Crippen molar-refractivity contribution < 1.29 is 14.4 Å². The molecule has 0 aliphatic rings. The molecular formula is C11H11BrN2O3S. The lowest BCUT2D eigenvalue weighted by Gasteiger charge is -2.10. The fourth-order valence-electron chi connectivity index (χ4n) is 1.38. The van der Waals surface area contributed by atoms with Crippen LogP contribution < -0.4 is 0 Å². The summed E-state index contributed by atoms with van der Waals surface area (Å²) in [5, 5.41) is 14.7. The van der Waals surface area contributed by atoms with Crippen molar-refractivity contribution in [3.63, 3.8) is 0 Å². The van der Waals surface area contributed by atoms with Gasteiger partial charge in [0.2, 0.25) is 11.7 Å². The second-order valence-electron chi connectivity index (χ2n) is 4.00. The van der Waals surface area contributed by atoms with Crippen LogP contribution in [0, 0.1) is 5.92 Å². The molecule has 0 amide bonds. The first-order valence-electron chi connectivity index (χ1n) is 5.30. The molecular weight excluding hydrogens is 320 g/mol. The molecule has 2 aromatic rings. The SMILES string of the molecule is CC(C(=O)O)C(C)c1nc(-c2cc(Br)cs2)no1. The average molecular weight is 331 g/mol. The standard InChI is InChI=1S/C11H11BrN2O3S/c1-5(6(2)11(15)16)10-13-9(14-17-10)8-3-7(12)4-18-8/h3-6H,1-2H3,(H,15,16). The molecule has 2 aromatic heterocycles. The van der Waals surface area contributed by atoms with Crippen molar-refractivity contribution in [1.82, 2.24) is 10.1 Å². The number of carboxylic acids is 1. The van der Waals surface area contributed by atoms with Gasteiger partial charge in [-0.3, -0.25) is 4.79 Å². The number of nitrogens with zero attached hydrogens (tertiary/aromatic N) is 2. The molecule has 0 aliphatic carbocycles. The van der Waals surface area contributed by atoms with Gasteiger partial charge in [0.25, 0.3) is 0 Å². The summed E-state index contributed by atoms with van der Waals surface area (Å²) in [6, 6.07) is 1.89. The Bertz CT molecular complexity index is 566. The largest absolute Gasteiger partial charge is 0.481 e. The van der Waals surface area contributed by atoms with Gasteiger partial charge in [-0.05, 0) is 22.0 Å². The second kappa shape index (κ2) is 5.19. The number of carboxylic acid groups (broad SMARTS) is 1. The van der Waals surface area contributed by atoms with E-state index in [0.717, 1.165) is 9.35 Å². The molecule has 7 heteroatoms. The summed E-state index contributed by atoms with van der Waals surface area (Å²) in [5.74, 6) is -0.906. The molecule has 18 heavy (non-hydrogen) atoms. The Morgan fingerprint density at radius 2 is 2.28 bits per heavy atom. The summed E-state index contributed by atoms with van der Waals surface area (Å²) in [6.45, 7) is 3.39. The number of hydrogen-bond donors (Lipinski definition) is 1. The number of aliphatic carboxylic acids is 1. The highest BCUT2D eigenvalue weighted by molar-refractivity contribution is 9.10. The first-order chi connectivity index (χ1) is 8.49. The van der Waals surface area contributed by atoms with Crippen LogP contribution in [0.2, 0.25) is 0 Å². The third-order valence-corrected chi connectivity index (χ3v) is 4.45. The highest BCUT2D eigenvalue weighted by Crippen LogP contribution is 2.30. The Hall–Kier alpha value is -1.21. The van der Waals surface area contributed by atoms with Crippen molar-refractivity contribution in [1.29, 1.82) is 0 Å². The van der Waals surface area contributed by atoms with Gasteiger partial charge < -0.3 is 9.63 Å². The quantitative estimate of drug-likeness (QED) is 0.929. The van der Waals surface area contributed by atoms with E-state index in [2.05, 4.69) is 26.1 Å². The van der Waals surface area contributed by atoms with E-state index in [1.54, 1.807) is 13.8 Å². The zero-order valence-corrected chi connectivity index (χ0v) is 12.2. The van der Waals surface area contributed by atoms with Gasteiger partial charge in [-0.25, -0.2) is 0 Å². The monoisotopic (exact) mass is 330 g/mol. The van der Waals surface area contributed by atoms with E-state index in [4.69, 9.17) is 9.63 Å². The normalized spacial score (nSPS) is 14.4. The van der Waals surface area contributed by atoms with E-state index in [1.165, 1.54) is 11.3 Å². The number of hydrogen-bond acceptors (Lipinski definition) is 5. The molecule has 5 nitrogen and oxygen atoms in total. The Labute approximate surface area is 116 Å². The molecule has 2 rings (SSSR count). The molecule has 0 bridgehead atoms. The Kier molecular flexibility index (Phi) is 3.82. The third kappa shape index (κ3) is 2.62. The lowest BCUT2D eigenvalue weighted by molar-refractivity contribution is -0.141. The highest BCUT2D eigenvalue weighted by Gasteiger charge is 2.26. The zero-order chi connectivity index (χ0) is 13.3. The molecule has 0 fully saturated rings. The van der Waals surface area contributed by atoms with Crippen molar-refractivity contribution in [2.75, 3.05) is 0 Å². The molecule has 2 unspecified atom stereocenters. The number of aromatic nitrogens is 2. The molecule has 1 N–H and O–H groups in total. The van der Waals surface area contributed by atoms with E-state index < -0.39 is 11.9 Å². The van der Waals surface area contributed by atoms with Gasteiger partial charge in [-0.2, -0.15) is 4.98 Å². The van der Waals surface area contributed by atoms with Crippen molar-refractivity contribution in [3.8, 4) is 10.7 Å². The van der Waals surface area contributed by atoms with Crippen molar-refractivity contribution in [2.24, 2.45) is 5.92 Å². The molecule has 0 radical (unpaired) electrons. The van der Waals surface area contributed by atoms with Gasteiger partial charge in [0.15, 0.2) is 0 Å². The lowest BCUT2D eigenvalue weighted by atomic mass is 9.96. The fraction of sp³-hybridized carbons (Fsp3) is 0.364. The van der Waals surface area contributed by atoms with Gasteiger partial charge in [0.1, 0.15) is 0 Å². The molecule has 0 saturated carbocycles. The van der Waals surface area contributed by atoms with E-state index in [9.17, 15) is 4.79 Å². The maximum absolute atomic E-state index is 10.9. The number of thiophene rings is 1. The summed E-state index contributed by atoms with van der Waals surface area (Å²) in [4.78, 5) is 16.0. The first-order valence-corrected chi connectivity index (χ1v) is 6.97.